The van der Waals surface area contributed by atoms with Crippen LogP contribution in [0, 0.1) is 0 Å². The highest BCUT2D eigenvalue weighted by Gasteiger charge is 2.16. The summed E-state index contributed by atoms with van der Waals surface area (Å²) in [6, 6.07) is 16.0. The van der Waals surface area contributed by atoms with Crippen molar-refractivity contribution in [2.24, 2.45) is 0 Å². The molecule has 3 rings (SSSR count). The molecule has 0 spiro atoms. The molecule has 0 atom stereocenters. The Kier molecular flexibility index (Phi) is 6.60. The van der Waals surface area contributed by atoms with E-state index in [4.69, 9.17) is 9.84 Å². The van der Waals surface area contributed by atoms with Gasteiger partial charge in [0.1, 0.15) is 12.4 Å². The second kappa shape index (κ2) is 9.32. The number of hydrazine groups is 1. The summed E-state index contributed by atoms with van der Waals surface area (Å²) in [4.78, 5) is 13.1. The number of rotatable bonds is 7. The number of hydrogen-bond donors (Lipinski definition) is 2. The van der Waals surface area contributed by atoms with Gasteiger partial charge in [0, 0.05) is 35.5 Å². The zero-order valence-electron chi connectivity index (χ0n) is 15.5. The van der Waals surface area contributed by atoms with Crippen LogP contribution >= 0.6 is 15.9 Å². The molecule has 0 fully saturated rings. The van der Waals surface area contributed by atoms with Gasteiger partial charge in [0.25, 0.3) is 0 Å². The Morgan fingerprint density at radius 1 is 1.25 bits per heavy atom. The van der Waals surface area contributed by atoms with E-state index in [1.807, 2.05) is 48.5 Å². The van der Waals surface area contributed by atoms with E-state index >= 15 is 0 Å². The minimum absolute atomic E-state index is 0.499. The third-order valence-electron chi connectivity index (χ3n) is 4.32. The van der Waals surface area contributed by atoms with Gasteiger partial charge >= 0.3 is 6.09 Å². The van der Waals surface area contributed by atoms with Crippen molar-refractivity contribution in [2.45, 2.75) is 20.1 Å². The van der Waals surface area contributed by atoms with E-state index in [0.717, 1.165) is 38.6 Å². The maximum atomic E-state index is 11.0. The van der Waals surface area contributed by atoms with Gasteiger partial charge in [-0.1, -0.05) is 46.3 Å². The fraction of sp³-hybridized carbons (Fsp3) is 0.190. The van der Waals surface area contributed by atoms with E-state index in [2.05, 4.69) is 33.2 Å². The second-order valence-corrected chi connectivity index (χ2v) is 7.12. The van der Waals surface area contributed by atoms with Crippen molar-refractivity contribution in [1.82, 2.24) is 15.3 Å². The number of ether oxygens (including phenoxy) is 1. The van der Waals surface area contributed by atoms with Crippen LogP contribution in [0.3, 0.4) is 0 Å². The van der Waals surface area contributed by atoms with Crippen LogP contribution in [0.25, 0.3) is 0 Å². The number of amides is 1. The zero-order valence-corrected chi connectivity index (χ0v) is 17.1. The Labute approximate surface area is 172 Å². The highest BCUT2D eigenvalue weighted by Crippen LogP contribution is 2.27. The van der Waals surface area contributed by atoms with Gasteiger partial charge in [0.05, 0.1) is 5.70 Å². The summed E-state index contributed by atoms with van der Waals surface area (Å²) in [5.41, 5.74) is 5.80. The van der Waals surface area contributed by atoms with Gasteiger partial charge in [-0.15, -0.1) is 0 Å². The molecule has 1 aliphatic heterocycles. The van der Waals surface area contributed by atoms with Gasteiger partial charge in [-0.3, -0.25) is 5.43 Å². The molecule has 7 heteroatoms. The zero-order chi connectivity index (χ0) is 19.9. The predicted octanol–water partition coefficient (Wildman–Crippen LogP) is 4.70. The van der Waals surface area contributed by atoms with Crippen molar-refractivity contribution in [3.8, 4) is 5.75 Å². The summed E-state index contributed by atoms with van der Waals surface area (Å²) in [6.45, 7) is 3.95. The molecular weight excluding hydrogens is 422 g/mol. The Morgan fingerprint density at radius 2 is 2.04 bits per heavy atom. The molecule has 2 aromatic carbocycles. The molecule has 0 unspecified atom stereocenters. The van der Waals surface area contributed by atoms with E-state index in [9.17, 15) is 4.79 Å². The number of carboxylic acid groups (broad SMARTS) is 1. The molecule has 6 nitrogen and oxygen atoms in total. The number of carbonyl (C=O) groups is 1. The third-order valence-corrected chi connectivity index (χ3v) is 4.81. The van der Waals surface area contributed by atoms with Crippen molar-refractivity contribution in [3.63, 3.8) is 0 Å². The van der Waals surface area contributed by atoms with Crippen molar-refractivity contribution in [1.29, 1.82) is 0 Å². The monoisotopic (exact) mass is 443 g/mol. The van der Waals surface area contributed by atoms with Crippen LogP contribution in [0.5, 0.6) is 5.75 Å². The van der Waals surface area contributed by atoms with Crippen LogP contribution < -0.4 is 10.2 Å². The standard InChI is InChI=1S/C21H22BrN3O3/c1-2-24(19-10-11-25(21(26)27)23-13-19)14-17-12-18(22)8-9-20(17)28-15-16-6-4-3-5-7-16/h3-13,23H,2,14-15H2,1H3,(H,26,27). The van der Waals surface area contributed by atoms with Gasteiger partial charge in [-0.05, 0) is 36.8 Å². The number of nitrogens with zero attached hydrogens (tertiary/aromatic N) is 2. The SMILES string of the molecule is CCN(Cc1cc(Br)ccc1OCc1ccccc1)C1=CNN(C(=O)O)C=C1. The number of likely N-dealkylation sites (N-methyl/N-ethyl adjacent to an activating group) is 1. The van der Waals surface area contributed by atoms with Crippen molar-refractivity contribution in [3.05, 3.63) is 88.3 Å². The number of allylic oxidation sites excluding steroid dienone is 1. The molecule has 2 aromatic rings. The molecule has 0 saturated heterocycles. The molecule has 28 heavy (non-hydrogen) atoms. The van der Waals surface area contributed by atoms with Crippen LogP contribution in [-0.4, -0.2) is 27.7 Å². The molecule has 1 amide bonds. The highest BCUT2D eigenvalue weighted by atomic mass is 79.9. The van der Waals surface area contributed by atoms with E-state index in [1.165, 1.54) is 6.20 Å². The first-order chi connectivity index (χ1) is 13.6. The molecule has 0 radical (unpaired) electrons. The average molecular weight is 444 g/mol. The predicted molar refractivity (Wildman–Crippen MR) is 111 cm³/mol. The van der Waals surface area contributed by atoms with Gasteiger partial charge in [-0.2, -0.15) is 5.01 Å². The van der Waals surface area contributed by atoms with E-state index in [0.29, 0.717) is 13.2 Å². The van der Waals surface area contributed by atoms with Gasteiger partial charge in [-0.25, -0.2) is 4.79 Å². The van der Waals surface area contributed by atoms with Crippen LogP contribution in [-0.2, 0) is 13.2 Å². The van der Waals surface area contributed by atoms with Crippen molar-refractivity contribution < 1.29 is 14.6 Å². The van der Waals surface area contributed by atoms with E-state index in [1.54, 1.807) is 12.3 Å². The lowest BCUT2D eigenvalue weighted by Crippen LogP contribution is -2.37. The topological polar surface area (TPSA) is 65.0 Å². The Balaban J connectivity index is 1.74. The molecule has 0 saturated carbocycles. The highest BCUT2D eigenvalue weighted by molar-refractivity contribution is 9.10. The van der Waals surface area contributed by atoms with Crippen molar-refractivity contribution >= 4 is 22.0 Å². The lowest BCUT2D eigenvalue weighted by molar-refractivity contribution is 0.150. The van der Waals surface area contributed by atoms with Crippen LogP contribution in [0.15, 0.2) is 77.2 Å². The maximum absolute atomic E-state index is 11.0. The smallest absolute Gasteiger partial charge is 0.430 e. The fourth-order valence-corrected chi connectivity index (χ4v) is 3.24. The minimum atomic E-state index is -1.06. The first kappa shape index (κ1) is 19.8. The number of benzene rings is 2. The number of halogens is 1. The lowest BCUT2D eigenvalue weighted by Gasteiger charge is -2.29. The minimum Gasteiger partial charge on any atom is -0.489 e. The first-order valence-electron chi connectivity index (χ1n) is 8.93. The average Bonchev–Trinajstić information content (AvgIpc) is 2.72. The molecule has 146 valence electrons. The summed E-state index contributed by atoms with van der Waals surface area (Å²) in [6.07, 6.45) is 3.89. The maximum Gasteiger partial charge on any atom is 0.430 e. The summed E-state index contributed by atoms with van der Waals surface area (Å²) < 4.78 is 7.05. The Hall–Kier alpha value is -2.93. The Morgan fingerprint density at radius 3 is 2.68 bits per heavy atom. The molecule has 1 heterocycles. The normalized spacial score (nSPS) is 12.9. The van der Waals surface area contributed by atoms with Crippen molar-refractivity contribution in [2.75, 3.05) is 6.54 Å². The Bertz CT molecular complexity index is 884. The lowest BCUT2D eigenvalue weighted by atomic mass is 10.1. The van der Waals surface area contributed by atoms with E-state index in [-0.39, 0.29) is 0 Å². The number of nitrogens with one attached hydrogen (secondary N) is 1. The van der Waals surface area contributed by atoms with Crippen LogP contribution in [0.1, 0.15) is 18.1 Å². The summed E-state index contributed by atoms with van der Waals surface area (Å²) in [5.74, 6) is 0.825. The molecule has 0 aromatic heterocycles. The summed E-state index contributed by atoms with van der Waals surface area (Å²) in [5, 5.41) is 10.0. The molecule has 1 aliphatic rings. The van der Waals surface area contributed by atoms with Gasteiger partial charge in [0.2, 0.25) is 0 Å². The van der Waals surface area contributed by atoms with Crippen LogP contribution in [0.2, 0.25) is 0 Å². The molecule has 2 N–H and O–H groups in total. The first-order valence-corrected chi connectivity index (χ1v) is 9.73. The van der Waals surface area contributed by atoms with Gasteiger partial charge in [0.15, 0.2) is 0 Å². The molecule has 0 bridgehead atoms. The fourth-order valence-electron chi connectivity index (χ4n) is 2.83. The second-order valence-electron chi connectivity index (χ2n) is 6.21. The largest absolute Gasteiger partial charge is 0.489 e. The molecule has 0 aliphatic carbocycles. The number of hydrogen-bond acceptors (Lipinski definition) is 4. The summed E-state index contributed by atoms with van der Waals surface area (Å²) in [7, 11) is 0. The summed E-state index contributed by atoms with van der Waals surface area (Å²) >= 11 is 3.54. The third kappa shape index (κ3) is 5.07. The quantitative estimate of drug-likeness (QED) is 0.648. The van der Waals surface area contributed by atoms with E-state index < -0.39 is 6.09 Å². The molecular formula is C21H22BrN3O3. The van der Waals surface area contributed by atoms with Crippen LogP contribution in [0.4, 0.5) is 4.79 Å². The van der Waals surface area contributed by atoms with Gasteiger partial charge < -0.3 is 14.7 Å².